The van der Waals surface area contributed by atoms with Crippen molar-refractivity contribution in [1.82, 2.24) is 0 Å². The summed E-state index contributed by atoms with van der Waals surface area (Å²) in [6.45, 7) is 2.25. The normalized spacial score (nSPS) is 12.9. The molecule has 3 heteroatoms. The third-order valence-electron chi connectivity index (χ3n) is 2.60. The lowest BCUT2D eigenvalue weighted by Gasteiger charge is -2.01. The average molecular weight is 234 g/mol. The van der Waals surface area contributed by atoms with Crippen molar-refractivity contribution >= 4 is 11.1 Å². The van der Waals surface area contributed by atoms with Crippen LogP contribution in [0.5, 0.6) is 0 Å². The van der Waals surface area contributed by atoms with Gasteiger partial charge < -0.3 is 0 Å². The van der Waals surface area contributed by atoms with Gasteiger partial charge in [-0.3, -0.25) is 4.18 Å². The summed E-state index contributed by atoms with van der Waals surface area (Å²) in [5.41, 5.74) is 0. The molecule has 0 amide bonds. The van der Waals surface area contributed by atoms with Gasteiger partial charge in [-0.2, -0.15) is 0 Å². The number of hydrogen-bond donors (Lipinski definition) is 0. The molecule has 0 fully saturated rings. The lowest BCUT2D eigenvalue weighted by atomic mass is 10.1. The van der Waals surface area contributed by atoms with Gasteiger partial charge in [-0.05, 0) is 6.42 Å². The first-order valence-electron chi connectivity index (χ1n) is 6.24. The summed E-state index contributed by atoms with van der Waals surface area (Å²) in [6.07, 6.45) is 11.7. The molecule has 15 heavy (non-hydrogen) atoms. The molecular weight excluding hydrogens is 208 g/mol. The molecule has 0 aromatic rings. The van der Waals surface area contributed by atoms with Crippen LogP contribution in [0.2, 0.25) is 0 Å². The molecular formula is C12H26O2S. The van der Waals surface area contributed by atoms with E-state index in [1.54, 1.807) is 0 Å². The van der Waals surface area contributed by atoms with Crippen molar-refractivity contribution in [3.05, 3.63) is 0 Å². The van der Waals surface area contributed by atoms with Crippen molar-refractivity contribution in [3.63, 3.8) is 0 Å². The summed E-state index contributed by atoms with van der Waals surface area (Å²) in [6, 6.07) is 0. The highest BCUT2D eigenvalue weighted by Gasteiger charge is 1.96. The largest absolute Gasteiger partial charge is 0.294 e. The molecule has 0 radical (unpaired) electrons. The molecule has 0 aliphatic carbocycles. The highest BCUT2D eigenvalue weighted by atomic mass is 32.2. The van der Waals surface area contributed by atoms with E-state index in [0.717, 1.165) is 6.42 Å². The summed E-state index contributed by atoms with van der Waals surface area (Å²) in [5, 5.41) is 0. The number of rotatable bonds is 11. The Morgan fingerprint density at radius 3 is 1.80 bits per heavy atom. The van der Waals surface area contributed by atoms with Gasteiger partial charge >= 0.3 is 0 Å². The van der Waals surface area contributed by atoms with Gasteiger partial charge in [0.15, 0.2) is 11.1 Å². The van der Waals surface area contributed by atoms with Crippen LogP contribution in [0.4, 0.5) is 0 Å². The molecule has 0 heterocycles. The SMILES string of the molecule is CCCCCCCCCCCS(=O)OC. The number of hydrogen-bond acceptors (Lipinski definition) is 2. The molecule has 1 atom stereocenters. The molecule has 0 N–H and O–H groups in total. The van der Waals surface area contributed by atoms with Crippen LogP contribution in [-0.4, -0.2) is 17.1 Å². The lowest BCUT2D eigenvalue weighted by Crippen LogP contribution is -1.98. The smallest absolute Gasteiger partial charge is 0.155 e. The Labute approximate surface area is 97.5 Å². The van der Waals surface area contributed by atoms with E-state index in [1.807, 2.05) is 0 Å². The molecule has 92 valence electrons. The van der Waals surface area contributed by atoms with Crippen molar-refractivity contribution in [2.75, 3.05) is 12.9 Å². The Hall–Kier alpha value is 0.110. The fraction of sp³-hybridized carbons (Fsp3) is 1.00. The second kappa shape index (κ2) is 12.2. The van der Waals surface area contributed by atoms with Gasteiger partial charge in [0.1, 0.15) is 0 Å². The zero-order chi connectivity index (χ0) is 11.4. The Balaban J connectivity index is 2.95. The monoisotopic (exact) mass is 234 g/mol. The van der Waals surface area contributed by atoms with Crippen molar-refractivity contribution in [2.24, 2.45) is 0 Å². The van der Waals surface area contributed by atoms with E-state index < -0.39 is 11.1 Å². The van der Waals surface area contributed by atoms with Gasteiger partial charge in [-0.15, -0.1) is 0 Å². The van der Waals surface area contributed by atoms with Crippen LogP contribution in [0.15, 0.2) is 0 Å². The van der Waals surface area contributed by atoms with Crippen LogP contribution in [-0.2, 0) is 15.3 Å². The Kier molecular flexibility index (Phi) is 12.3. The van der Waals surface area contributed by atoms with E-state index in [1.165, 1.54) is 58.5 Å². The highest BCUT2D eigenvalue weighted by Crippen LogP contribution is 2.09. The molecule has 0 aromatic heterocycles. The molecule has 0 saturated heterocycles. The summed E-state index contributed by atoms with van der Waals surface area (Å²) in [4.78, 5) is 0. The van der Waals surface area contributed by atoms with Crippen molar-refractivity contribution in [3.8, 4) is 0 Å². The van der Waals surface area contributed by atoms with Gasteiger partial charge in [-0.25, -0.2) is 4.21 Å². The van der Waals surface area contributed by atoms with Crippen molar-refractivity contribution < 1.29 is 8.39 Å². The molecule has 0 bridgehead atoms. The van der Waals surface area contributed by atoms with Crippen LogP contribution in [0.3, 0.4) is 0 Å². The molecule has 2 nitrogen and oxygen atoms in total. The van der Waals surface area contributed by atoms with E-state index in [-0.39, 0.29) is 0 Å². The predicted molar refractivity (Wildman–Crippen MR) is 67.2 cm³/mol. The Morgan fingerprint density at radius 1 is 0.867 bits per heavy atom. The maximum absolute atomic E-state index is 10.9. The quantitative estimate of drug-likeness (QED) is 0.508. The second-order valence-electron chi connectivity index (χ2n) is 4.00. The van der Waals surface area contributed by atoms with Gasteiger partial charge in [0.25, 0.3) is 0 Å². The van der Waals surface area contributed by atoms with Gasteiger partial charge in [0.2, 0.25) is 0 Å². The van der Waals surface area contributed by atoms with E-state index in [0.29, 0.717) is 5.75 Å². The summed E-state index contributed by atoms with van der Waals surface area (Å²) in [7, 11) is 1.50. The fourth-order valence-corrected chi connectivity index (χ4v) is 2.22. The van der Waals surface area contributed by atoms with Crippen LogP contribution >= 0.6 is 0 Å². The Morgan fingerprint density at radius 2 is 1.33 bits per heavy atom. The minimum absolute atomic E-state index is 0.701. The van der Waals surface area contributed by atoms with Crippen LogP contribution in [0.1, 0.15) is 64.7 Å². The van der Waals surface area contributed by atoms with Gasteiger partial charge in [-0.1, -0.05) is 58.3 Å². The zero-order valence-electron chi connectivity index (χ0n) is 10.3. The summed E-state index contributed by atoms with van der Waals surface area (Å²) in [5.74, 6) is 0.701. The minimum Gasteiger partial charge on any atom is -0.294 e. The standard InChI is InChI=1S/C12H26O2S/c1-3-4-5-6-7-8-9-10-11-12-15(13)14-2/h3-12H2,1-2H3. The first kappa shape index (κ1) is 15.1. The molecule has 1 unspecified atom stereocenters. The summed E-state index contributed by atoms with van der Waals surface area (Å²) >= 11 is -1.04. The molecule has 0 rings (SSSR count). The van der Waals surface area contributed by atoms with Crippen molar-refractivity contribution in [1.29, 1.82) is 0 Å². The van der Waals surface area contributed by atoms with Gasteiger partial charge in [0, 0.05) is 5.75 Å². The zero-order valence-corrected chi connectivity index (χ0v) is 11.1. The fourth-order valence-electron chi connectivity index (χ4n) is 1.61. The second-order valence-corrected chi connectivity index (χ2v) is 5.35. The molecule has 0 saturated carbocycles. The Bertz CT molecular complexity index is 149. The van der Waals surface area contributed by atoms with E-state index in [2.05, 4.69) is 6.92 Å². The first-order chi connectivity index (χ1) is 7.31. The highest BCUT2D eigenvalue weighted by molar-refractivity contribution is 7.80. The van der Waals surface area contributed by atoms with Crippen molar-refractivity contribution in [2.45, 2.75) is 64.7 Å². The average Bonchev–Trinajstić information content (AvgIpc) is 2.26. The van der Waals surface area contributed by atoms with Crippen LogP contribution in [0, 0.1) is 0 Å². The minimum atomic E-state index is -1.04. The predicted octanol–water partition coefficient (Wildman–Crippen LogP) is 3.83. The third-order valence-corrected chi connectivity index (χ3v) is 3.59. The lowest BCUT2D eigenvalue weighted by molar-refractivity contribution is 0.443. The van der Waals surface area contributed by atoms with Crippen LogP contribution in [0.25, 0.3) is 0 Å². The molecule has 0 aliphatic rings. The van der Waals surface area contributed by atoms with E-state index in [9.17, 15) is 4.21 Å². The molecule has 0 aromatic carbocycles. The van der Waals surface area contributed by atoms with Crippen LogP contribution < -0.4 is 0 Å². The topological polar surface area (TPSA) is 26.3 Å². The first-order valence-corrected chi connectivity index (χ1v) is 7.48. The number of unbranched alkanes of at least 4 members (excludes halogenated alkanes) is 8. The third kappa shape index (κ3) is 12.0. The maximum atomic E-state index is 10.9. The van der Waals surface area contributed by atoms with Gasteiger partial charge in [0.05, 0.1) is 7.11 Å². The molecule has 0 aliphatic heterocycles. The molecule has 0 spiro atoms. The van der Waals surface area contributed by atoms with E-state index >= 15 is 0 Å². The summed E-state index contributed by atoms with van der Waals surface area (Å²) < 4.78 is 15.6. The maximum Gasteiger partial charge on any atom is 0.155 e. The van der Waals surface area contributed by atoms with E-state index in [4.69, 9.17) is 4.18 Å².